The summed E-state index contributed by atoms with van der Waals surface area (Å²) in [4.78, 5) is 53.3. The van der Waals surface area contributed by atoms with E-state index in [0.29, 0.717) is 0 Å². The van der Waals surface area contributed by atoms with Gasteiger partial charge in [-0.3, -0.25) is 0 Å². The van der Waals surface area contributed by atoms with E-state index < -0.39 is 46.8 Å². The van der Waals surface area contributed by atoms with Gasteiger partial charge < -0.3 is 0 Å². The molecule has 6 heteroatoms. The van der Waals surface area contributed by atoms with Gasteiger partial charge in [-0.15, -0.1) is 0 Å². The van der Waals surface area contributed by atoms with Crippen molar-refractivity contribution in [2.75, 3.05) is 0 Å². The van der Waals surface area contributed by atoms with Crippen molar-refractivity contribution in [3.05, 3.63) is 0 Å². The molecule has 0 aliphatic heterocycles. The van der Waals surface area contributed by atoms with E-state index in [1.54, 1.807) is 83.1 Å². The van der Waals surface area contributed by atoms with Crippen LogP contribution in [-0.2, 0) is 19.2 Å². The van der Waals surface area contributed by atoms with Crippen LogP contribution in [0.25, 0.3) is 0 Å². The van der Waals surface area contributed by atoms with Crippen molar-refractivity contribution in [3.8, 4) is 0 Å². The van der Waals surface area contributed by atoms with E-state index in [-0.39, 0.29) is 18.3 Å². The quantitative estimate of drug-likeness (QED) is 0.552. The first-order valence-electron chi connectivity index (χ1n) is 8.91. The fourth-order valence-electron chi connectivity index (χ4n) is 1.82. The van der Waals surface area contributed by atoms with Crippen LogP contribution in [0.4, 0.5) is 0 Å². The Hall–Kier alpha value is -0.203. The van der Waals surface area contributed by atoms with Gasteiger partial charge in [0.2, 0.25) is 0 Å². The van der Waals surface area contributed by atoms with Crippen molar-refractivity contribution in [1.29, 1.82) is 0 Å². The molecule has 150 valence electrons. The van der Waals surface area contributed by atoms with Crippen LogP contribution >= 0.6 is 0 Å². The average Bonchev–Trinajstić information content (AvgIpc) is 2.37. The van der Waals surface area contributed by atoms with Crippen molar-refractivity contribution >= 4 is 43.5 Å². The maximum absolute atomic E-state index is 13.3. The Balaban J connectivity index is 6.72. The molecule has 0 aromatic rings. The number of hydrogen-bond donors (Lipinski definition) is 0. The zero-order valence-corrected chi connectivity index (χ0v) is 22.3. The van der Waals surface area contributed by atoms with E-state index in [2.05, 4.69) is 0 Å². The number of carbonyl (C=O) groups is 4. The van der Waals surface area contributed by atoms with Crippen molar-refractivity contribution in [3.63, 3.8) is 0 Å². The molecule has 0 heterocycles. The van der Waals surface area contributed by atoms with Gasteiger partial charge in [0.1, 0.15) is 0 Å². The molecule has 0 N–H and O–H groups in total. The Morgan fingerprint density at radius 3 is 0.577 bits per heavy atom. The molecule has 0 spiro atoms. The van der Waals surface area contributed by atoms with E-state index >= 15 is 0 Å². The third-order valence-corrected chi connectivity index (χ3v) is 25.5. The number of hydrogen-bond acceptors (Lipinski definition) is 4. The Labute approximate surface area is 167 Å². The number of carbonyl (C=O) groups excluding carboxylic acids is 4. The predicted molar refractivity (Wildman–Crippen MR) is 109 cm³/mol. The fourth-order valence-corrected chi connectivity index (χ4v) is 30.5. The Bertz CT molecular complexity index is 487. The molecule has 26 heavy (non-hydrogen) atoms. The molecule has 0 amide bonds. The van der Waals surface area contributed by atoms with Gasteiger partial charge in [-0.1, -0.05) is 0 Å². The molecule has 0 aliphatic carbocycles. The zero-order chi connectivity index (χ0) is 21.5. The third kappa shape index (κ3) is 6.45. The van der Waals surface area contributed by atoms with Crippen LogP contribution in [0.2, 0.25) is 0 Å². The van der Waals surface area contributed by atoms with Crippen LogP contribution in [0.1, 0.15) is 83.1 Å². The molecule has 0 rings (SSSR count). The summed E-state index contributed by atoms with van der Waals surface area (Å²) in [6, 6.07) is 0. The minimum absolute atomic E-state index is 0.139. The molecule has 0 saturated heterocycles. The van der Waals surface area contributed by atoms with Crippen molar-refractivity contribution in [2.45, 2.75) is 83.1 Å². The van der Waals surface area contributed by atoms with Crippen LogP contribution in [0.5, 0.6) is 0 Å². The predicted octanol–water partition coefficient (Wildman–Crippen LogP) is 3.67. The molecule has 0 bridgehead atoms. The molecule has 0 unspecified atom stereocenters. The Kier molecular flexibility index (Phi) is 7.98. The zero-order valence-electron chi connectivity index (χ0n) is 18.5. The molecule has 4 nitrogen and oxygen atoms in total. The summed E-state index contributed by atoms with van der Waals surface area (Å²) in [6.45, 7) is 21.4. The van der Waals surface area contributed by atoms with E-state index in [0.717, 1.165) is 0 Å². The summed E-state index contributed by atoms with van der Waals surface area (Å²) in [6.07, 6.45) is 0. The first-order chi connectivity index (χ1) is 11.1. The molecule has 0 aromatic carbocycles. The number of rotatable bonds is 5. The van der Waals surface area contributed by atoms with E-state index in [9.17, 15) is 19.2 Å². The van der Waals surface area contributed by atoms with E-state index in [1.807, 2.05) is 0 Å². The molecular weight excluding hydrogens is 454 g/mol. The van der Waals surface area contributed by atoms with Gasteiger partial charge in [-0.2, -0.15) is 0 Å². The van der Waals surface area contributed by atoms with Crippen molar-refractivity contribution < 1.29 is 19.2 Å². The maximum atomic E-state index is 13.3. The van der Waals surface area contributed by atoms with Crippen molar-refractivity contribution in [2.24, 2.45) is 21.7 Å². The summed E-state index contributed by atoms with van der Waals surface area (Å²) in [7, 11) is 0. The second-order valence-electron chi connectivity index (χ2n) is 10.8. The minimum atomic E-state index is -3.02. The van der Waals surface area contributed by atoms with Gasteiger partial charge in [0.25, 0.3) is 0 Å². The van der Waals surface area contributed by atoms with Gasteiger partial charge in [-0.05, 0) is 0 Å². The van der Waals surface area contributed by atoms with Crippen LogP contribution in [0.15, 0.2) is 0 Å². The standard InChI is InChI=1S/C20H36As2O4/c1-17(2,3)13(23)21(14(24)18(4,5)6)22(15(25)19(7,8)9)16(26)20(10,11)12/h1-12H3. The van der Waals surface area contributed by atoms with Crippen LogP contribution in [0.3, 0.4) is 0 Å². The van der Waals surface area contributed by atoms with E-state index in [1.165, 1.54) is 0 Å². The molecule has 0 fully saturated rings. The Morgan fingerprint density at radius 2 is 0.500 bits per heavy atom. The van der Waals surface area contributed by atoms with Gasteiger partial charge in [0.15, 0.2) is 0 Å². The SMILES string of the molecule is CC(C)(C)C(=O)[As](C(=O)C(C)(C)C)[As](C(=O)C(C)(C)C)C(=O)C(C)(C)C. The van der Waals surface area contributed by atoms with Gasteiger partial charge in [0.05, 0.1) is 0 Å². The Morgan fingerprint density at radius 1 is 0.385 bits per heavy atom. The first kappa shape index (κ1) is 25.8. The molecule has 0 aliphatic rings. The van der Waals surface area contributed by atoms with E-state index in [4.69, 9.17) is 0 Å². The van der Waals surface area contributed by atoms with Crippen LogP contribution < -0.4 is 0 Å². The molecule has 0 aromatic heterocycles. The summed E-state index contributed by atoms with van der Waals surface area (Å²) in [5.41, 5.74) is -2.93. The normalized spacial score (nSPS) is 13.9. The molecule has 0 saturated carbocycles. The summed E-state index contributed by atoms with van der Waals surface area (Å²) in [5, 5.41) is 0. The summed E-state index contributed by atoms with van der Waals surface area (Å²) in [5.74, 6) is 0. The fraction of sp³-hybridized carbons (Fsp3) is 0.800. The van der Waals surface area contributed by atoms with Gasteiger partial charge in [-0.25, -0.2) is 0 Å². The molecular formula is C20H36As2O4. The average molecular weight is 490 g/mol. The first-order valence-corrected chi connectivity index (χ1v) is 17.9. The third-order valence-electron chi connectivity index (χ3n) is 3.54. The molecule has 0 atom stereocenters. The monoisotopic (exact) mass is 490 g/mol. The van der Waals surface area contributed by atoms with Gasteiger partial charge in [0, 0.05) is 0 Å². The summed E-state index contributed by atoms with van der Waals surface area (Å²) < 4.78 is -0.555. The summed E-state index contributed by atoms with van der Waals surface area (Å²) >= 11 is -6.05. The topological polar surface area (TPSA) is 68.3 Å². The van der Waals surface area contributed by atoms with Crippen molar-refractivity contribution in [1.82, 2.24) is 0 Å². The van der Waals surface area contributed by atoms with Crippen LogP contribution in [-0.4, -0.2) is 43.5 Å². The second-order valence-corrected chi connectivity index (χ2v) is 25.6. The molecule has 0 radical (unpaired) electrons. The van der Waals surface area contributed by atoms with Crippen LogP contribution in [0, 0.1) is 21.7 Å². The second kappa shape index (κ2) is 8.04. The van der Waals surface area contributed by atoms with Gasteiger partial charge >= 0.3 is 167 Å².